The van der Waals surface area contributed by atoms with Gasteiger partial charge >= 0.3 is 0 Å². The van der Waals surface area contributed by atoms with Crippen LogP contribution in [0.25, 0.3) is 0 Å². The zero-order valence-corrected chi connectivity index (χ0v) is 11.6. The van der Waals surface area contributed by atoms with Crippen molar-refractivity contribution in [2.75, 3.05) is 5.32 Å². The summed E-state index contributed by atoms with van der Waals surface area (Å²) in [6, 6.07) is 4.11. The molecule has 0 spiro atoms. The van der Waals surface area contributed by atoms with Gasteiger partial charge in [-0.05, 0) is 29.9 Å². The van der Waals surface area contributed by atoms with Gasteiger partial charge in [0.25, 0.3) is 0 Å². The molecule has 0 saturated carbocycles. The summed E-state index contributed by atoms with van der Waals surface area (Å²) in [5.41, 5.74) is 1.03. The number of thiazole rings is 1. The third-order valence-corrected chi connectivity index (χ3v) is 5.29. The standard InChI is InChI=1S/C13H13N3S2/c1-10-9-17-13(15-10)16-12-11(5-4-6-14-12)18-7-2-3-8-18/h2-9,18H,1H3,(H,14,15,16). The number of anilines is 2. The third-order valence-electron chi connectivity index (χ3n) is 2.51. The fourth-order valence-electron chi connectivity index (χ4n) is 1.71. The normalized spacial score (nSPS) is 15.3. The first-order chi connectivity index (χ1) is 8.83. The highest BCUT2D eigenvalue weighted by Crippen LogP contribution is 2.45. The number of thiol groups is 1. The lowest BCUT2D eigenvalue weighted by molar-refractivity contribution is 1.20. The van der Waals surface area contributed by atoms with Crippen LogP contribution in [0.2, 0.25) is 0 Å². The molecule has 92 valence electrons. The van der Waals surface area contributed by atoms with Gasteiger partial charge < -0.3 is 5.32 Å². The molecular formula is C13H13N3S2. The first-order valence-electron chi connectivity index (χ1n) is 5.60. The first-order valence-corrected chi connectivity index (χ1v) is 7.96. The van der Waals surface area contributed by atoms with Crippen molar-refractivity contribution in [3.63, 3.8) is 0 Å². The van der Waals surface area contributed by atoms with Crippen molar-refractivity contribution in [1.82, 2.24) is 9.97 Å². The van der Waals surface area contributed by atoms with E-state index in [1.807, 2.05) is 24.6 Å². The molecule has 0 fully saturated rings. The van der Waals surface area contributed by atoms with Crippen molar-refractivity contribution in [2.45, 2.75) is 11.8 Å². The van der Waals surface area contributed by atoms with Crippen LogP contribution in [0.3, 0.4) is 0 Å². The Morgan fingerprint density at radius 2 is 2.11 bits per heavy atom. The van der Waals surface area contributed by atoms with Crippen molar-refractivity contribution in [3.05, 3.63) is 52.4 Å². The lowest BCUT2D eigenvalue weighted by atomic mass is 10.4. The number of hydrogen-bond acceptors (Lipinski definition) is 4. The van der Waals surface area contributed by atoms with Gasteiger partial charge in [-0.3, -0.25) is 0 Å². The van der Waals surface area contributed by atoms with Gasteiger partial charge in [-0.15, -0.1) is 11.3 Å². The number of aromatic nitrogens is 2. The molecule has 0 bridgehead atoms. The molecule has 2 aromatic heterocycles. The van der Waals surface area contributed by atoms with Gasteiger partial charge in [0, 0.05) is 16.5 Å². The molecule has 5 heteroatoms. The third kappa shape index (κ3) is 2.32. The van der Waals surface area contributed by atoms with E-state index in [9.17, 15) is 0 Å². The van der Waals surface area contributed by atoms with Gasteiger partial charge in [0.1, 0.15) is 5.82 Å². The Labute approximate surface area is 113 Å². The van der Waals surface area contributed by atoms with E-state index in [1.54, 1.807) is 11.3 Å². The van der Waals surface area contributed by atoms with E-state index in [2.05, 4.69) is 44.3 Å². The zero-order chi connectivity index (χ0) is 12.4. The number of nitrogens with zero attached hydrogens (tertiary/aromatic N) is 2. The Balaban J connectivity index is 1.91. The van der Waals surface area contributed by atoms with Crippen LogP contribution in [-0.2, 0) is 0 Å². The summed E-state index contributed by atoms with van der Waals surface area (Å²) < 4.78 is 0. The number of rotatable bonds is 3. The number of pyridine rings is 1. The van der Waals surface area contributed by atoms with E-state index >= 15 is 0 Å². The van der Waals surface area contributed by atoms with Gasteiger partial charge in [0.05, 0.1) is 5.69 Å². The molecule has 1 aliphatic rings. The fraction of sp³-hybridized carbons (Fsp3) is 0.0769. The first kappa shape index (κ1) is 11.5. The molecule has 0 amide bonds. The van der Waals surface area contributed by atoms with E-state index in [0.29, 0.717) is 0 Å². The fourth-order valence-corrected chi connectivity index (χ4v) is 4.00. The second-order valence-electron chi connectivity index (χ2n) is 3.88. The highest BCUT2D eigenvalue weighted by Gasteiger charge is 2.11. The molecule has 3 rings (SSSR count). The number of aryl methyl sites for hydroxylation is 1. The predicted molar refractivity (Wildman–Crippen MR) is 79.9 cm³/mol. The van der Waals surface area contributed by atoms with E-state index in [0.717, 1.165) is 16.6 Å². The van der Waals surface area contributed by atoms with Crippen LogP contribution in [0.15, 0.2) is 51.6 Å². The van der Waals surface area contributed by atoms with Crippen LogP contribution in [0.4, 0.5) is 10.9 Å². The SMILES string of the molecule is Cc1csc(Nc2ncccc2[SH]2C=CC=C2)n1. The molecule has 3 heterocycles. The molecule has 18 heavy (non-hydrogen) atoms. The minimum absolute atomic E-state index is 0.360. The number of nitrogens with one attached hydrogen (secondary N) is 1. The van der Waals surface area contributed by atoms with Crippen molar-refractivity contribution in [1.29, 1.82) is 0 Å². The van der Waals surface area contributed by atoms with Gasteiger partial charge in [-0.25, -0.2) is 9.97 Å². The quantitative estimate of drug-likeness (QED) is 0.832. The monoisotopic (exact) mass is 275 g/mol. The van der Waals surface area contributed by atoms with Crippen LogP contribution in [0, 0.1) is 6.92 Å². The average molecular weight is 275 g/mol. The number of allylic oxidation sites excluding steroid dienone is 2. The minimum atomic E-state index is -0.360. The Morgan fingerprint density at radius 3 is 2.83 bits per heavy atom. The molecule has 0 radical (unpaired) electrons. The Kier molecular flexibility index (Phi) is 3.17. The van der Waals surface area contributed by atoms with E-state index in [4.69, 9.17) is 0 Å². The lowest BCUT2D eigenvalue weighted by Crippen LogP contribution is -1.95. The van der Waals surface area contributed by atoms with Crippen LogP contribution in [0.5, 0.6) is 0 Å². The minimum Gasteiger partial charge on any atom is -0.315 e. The topological polar surface area (TPSA) is 37.8 Å². The van der Waals surface area contributed by atoms with Crippen LogP contribution >= 0.6 is 22.2 Å². The predicted octanol–water partition coefficient (Wildman–Crippen LogP) is 3.99. The Morgan fingerprint density at radius 1 is 1.28 bits per heavy atom. The summed E-state index contributed by atoms with van der Waals surface area (Å²) in [6.07, 6.45) is 6.00. The van der Waals surface area contributed by atoms with Gasteiger partial charge in [0.2, 0.25) is 0 Å². The van der Waals surface area contributed by atoms with Crippen LogP contribution in [0.1, 0.15) is 5.69 Å². The van der Waals surface area contributed by atoms with Crippen molar-refractivity contribution < 1.29 is 0 Å². The highest BCUT2D eigenvalue weighted by atomic mass is 32.2. The summed E-state index contributed by atoms with van der Waals surface area (Å²) >= 11 is 1.60. The molecule has 0 aliphatic carbocycles. The van der Waals surface area contributed by atoms with Crippen LogP contribution < -0.4 is 5.32 Å². The Bertz CT molecular complexity index is 604. The maximum Gasteiger partial charge on any atom is 0.188 e. The molecule has 0 atom stereocenters. The zero-order valence-electron chi connectivity index (χ0n) is 9.87. The smallest absolute Gasteiger partial charge is 0.188 e. The summed E-state index contributed by atoms with van der Waals surface area (Å²) in [4.78, 5) is 10.1. The molecule has 3 nitrogen and oxygen atoms in total. The average Bonchev–Trinajstić information content (AvgIpc) is 3.02. The molecule has 0 saturated heterocycles. The van der Waals surface area contributed by atoms with Gasteiger partial charge in [-0.2, -0.15) is 10.9 Å². The summed E-state index contributed by atoms with van der Waals surface area (Å²) in [7, 11) is -0.360. The van der Waals surface area contributed by atoms with Crippen LogP contribution in [-0.4, -0.2) is 9.97 Å². The lowest BCUT2D eigenvalue weighted by Gasteiger charge is -2.14. The van der Waals surface area contributed by atoms with Gasteiger partial charge in [-0.1, -0.05) is 12.2 Å². The summed E-state index contributed by atoms with van der Waals surface area (Å²) in [6.45, 7) is 1.99. The Hall–Kier alpha value is -1.59. The largest absolute Gasteiger partial charge is 0.315 e. The second-order valence-corrected chi connectivity index (χ2v) is 6.63. The number of hydrogen-bond donors (Lipinski definition) is 2. The van der Waals surface area contributed by atoms with Gasteiger partial charge in [0.15, 0.2) is 5.13 Å². The van der Waals surface area contributed by atoms with Crippen molar-refractivity contribution in [2.24, 2.45) is 0 Å². The molecule has 1 aliphatic heterocycles. The summed E-state index contributed by atoms with van der Waals surface area (Å²) in [5, 5.41) is 10.7. The maximum atomic E-state index is 4.43. The maximum absolute atomic E-state index is 4.43. The molecule has 1 N–H and O–H groups in total. The molecule has 2 aromatic rings. The summed E-state index contributed by atoms with van der Waals surface area (Å²) in [5.74, 6) is 0.911. The van der Waals surface area contributed by atoms with E-state index in [1.165, 1.54) is 4.90 Å². The van der Waals surface area contributed by atoms with Crippen molar-refractivity contribution >= 4 is 33.2 Å². The highest BCUT2D eigenvalue weighted by molar-refractivity contribution is 8.22. The van der Waals surface area contributed by atoms with E-state index < -0.39 is 0 Å². The molecular weight excluding hydrogens is 262 g/mol. The van der Waals surface area contributed by atoms with Crippen molar-refractivity contribution in [3.8, 4) is 0 Å². The van der Waals surface area contributed by atoms with E-state index in [-0.39, 0.29) is 10.9 Å². The molecule has 0 unspecified atom stereocenters. The second kappa shape index (κ2) is 4.96. The molecule has 0 aromatic carbocycles.